The van der Waals surface area contributed by atoms with Gasteiger partial charge in [-0.15, -0.1) is 0 Å². The second kappa shape index (κ2) is 1060. The second-order valence-corrected chi connectivity index (χ2v) is 0. The van der Waals surface area contributed by atoms with E-state index < -0.39 is 0 Å². The first kappa shape index (κ1) is 21.2. The van der Waals surface area contributed by atoms with Gasteiger partial charge >= 0.3 is 22.6 Å². The van der Waals surface area contributed by atoms with Gasteiger partial charge in [0.2, 0.25) is 0 Å². The first-order valence-corrected chi connectivity index (χ1v) is 0.408. The third-order valence-electron chi connectivity index (χ3n) is 0. The monoisotopic (exact) mass is 88.0 g/mol. The summed E-state index contributed by atoms with van der Waals surface area (Å²) in [6.45, 7) is 9.00. The van der Waals surface area contributed by atoms with E-state index in [1.54, 1.807) is 0 Å². The molecule has 28 valence electrons. The standard InChI is InChI=1S/2CO.S/c2*1-2;/q;;-2. The van der Waals surface area contributed by atoms with Crippen LogP contribution in [-0.4, -0.2) is 0 Å². The minimum absolute atomic E-state index is 0. The minimum atomic E-state index is 0. The first-order chi connectivity index (χ1) is 2.00. The molecular weight excluding hydrogens is 88.1 g/mol. The quantitative estimate of drug-likeness (QED) is 0.293. The van der Waals surface area contributed by atoms with E-state index in [2.05, 4.69) is 13.3 Å². The predicted molar refractivity (Wildman–Crippen MR) is 15.2 cm³/mol. The largest absolute Gasteiger partial charge is 2.00 e. The molecule has 3 heteroatoms. The fourth-order valence-corrected chi connectivity index (χ4v) is 0. The van der Waals surface area contributed by atoms with Gasteiger partial charge in [0.15, 0.2) is 0 Å². The summed E-state index contributed by atoms with van der Waals surface area (Å²) in [5.41, 5.74) is 0. The third kappa shape index (κ3) is 444. The van der Waals surface area contributed by atoms with Crippen LogP contribution in [0, 0.1) is 13.3 Å². The van der Waals surface area contributed by atoms with Crippen LogP contribution in [0.25, 0.3) is 0 Å². The molecule has 0 fully saturated rings. The molecule has 0 amide bonds. The molecule has 0 saturated carbocycles. The van der Waals surface area contributed by atoms with Crippen molar-refractivity contribution >= 4 is 13.5 Å². The molecule has 0 aromatic heterocycles. The fourth-order valence-electron chi connectivity index (χ4n) is 0. The van der Waals surface area contributed by atoms with E-state index in [0.717, 1.165) is 0 Å². The molecule has 0 heterocycles. The van der Waals surface area contributed by atoms with E-state index >= 15 is 0 Å². The van der Waals surface area contributed by atoms with Crippen molar-refractivity contribution in [3.8, 4) is 0 Å². The third-order valence-corrected chi connectivity index (χ3v) is 0. The topological polar surface area (TPSA) is 39.8 Å². The molecule has 0 aromatic rings. The molecule has 0 saturated heterocycles. The van der Waals surface area contributed by atoms with Gasteiger partial charge in [-0.05, 0) is 0 Å². The Morgan fingerprint density at radius 3 is 0.800 bits per heavy atom. The summed E-state index contributed by atoms with van der Waals surface area (Å²) in [6, 6.07) is 0. The zero-order chi connectivity index (χ0) is 4.00. The van der Waals surface area contributed by atoms with E-state index in [1.807, 2.05) is 0 Å². The molecule has 0 spiro atoms. The Morgan fingerprint density at radius 2 is 0.800 bits per heavy atom. The van der Waals surface area contributed by atoms with Crippen LogP contribution in [0.15, 0.2) is 0 Å². The Labute approximate surface area is 37.1 Å². The van der Waals surface area contributed by atoms with E-state index in [4.69, 9.17) is 9.30 Å². The molecule has 0 atom stereocenters. The van der Waals surface area contributed by atoms with Gasteiger partial charge in [0.05, 0.1) is 0 Å². The van der Waals surface area contributed by atoms with Crippen molar-refractivity contribution in [3.63, 3.8) is 0 Å². The molecule has 0 radical (unpaired) electrons. The maximum atomic E-state index is 7.50. The van der Waals surface area contributed by atoms with E-state index in [0.29, 0.717) is 0 Å². The number of hydrogen-bond donors (Lipinski definition) is 0. The van der Waals surface area contributed by atoms with Crippen LogP contribution in [-0.2, 0) is 22.8 Å². The maximum Gasteiger partial charge on any atom is -2.00 e. The summed E-state index contributed by atoms with van der Waals surface area (Å²) in [6.07, 6.45) is 0. The summed E-state index contributed by atoms with van der Waals surface area (Å²) in [7, 11) is 0. The van der Waals surface area contributed by atoms with Crippen molar-refractivity contribution in [2.24, 2.45) is 0 Å². The average molecular weight is 88.1 g/mol. The van der Waals surface area contributed by atoms with Crippen molar-refractivity contribution in [1.82, 2.24) is 0 Å². The fraction of sp³-hybridized carbons (Fsp3) is 0. The molecule has 5 heavy (non-hydrogen) atoms. The smallest absolute Gasteiger partial charge is 2.00 e. The SMILES string of the molecule is [C-]#[O+].[C-]#[O+].[S-2]. The molecule has 0 N–H and O–H groups in total. The molecular formula is C2O2S-2. The van der Waals surface area contributed by atoms with Crippen LogP contribution >= 0.6 is 0 Å². The molecule has 0 aliphatic carbocycles. The summed E-state index contributed by atoms with van der Waals surface area (Å²) in [5, 5.41) is 0. The maximum absolute atomic E-state index is 7.50. The van der Waals surface area contributed by atoms with Crippen LogP contribution in [0.1, 0.15) is 0 Å². The zero-order valence-corrected chi connectivity index (χ0v) is 3.04. The van der Waals surface area contributed by atoms with Crippen molar-refractivity contribution in [2.75, 3.05) is 0 Å². The average Bonchev–Trinajstić information content (AvgIpc) is 1.50. The van der Waals surface area contributed by atoms with Gasteiger partial charge in [-0.1, -0.05) is 0 Å². The van der Waals surface area contributed by atoms with E-state index in [1.165, 1.54) is 0 Å². The van der Waals surface area contributed by atoms with Gasteiger partial charge in [-0.2, -0.15) is 0 Å². The number of rotatable bonds is 0. The van der Waals surface area contributed by atoms with Crippen LogP contribution in [0.3, 0.4) is 0 Å². The van der Waals surface area contributed by atoms with Crippen molar-refractivity contribution in [3.05, 3.63) is 13.3 Å². The molecule has 0 bridgehead atoms. The van der Waals surface area contributed by atoms with Crippen molar-refractivity contribution < 1.29 is 9.30 Å². The van der Waals surface area contributed by atoms with E-state index in [9.17, 15) is 0 Å². The Bertz CT molecular complexity index is 23.1. The molecule has 0 unspecified atom stereocenters. The molecule has 0 aliphatic rings. The Balaban J connectivity index is -0.0000000133. The summed E-state index contributed by atoms with van der Waals surface area (Å²) in [4.78, 5) is 0. The normalized spacial score (nSPS) is 0.800. The Kier molecular flexibility index (Phi) is 4490. The van der Waals surface area contributed by atoms with Gasteiger partial charge in [0.1, 0.15) is 0 Å². The van der Waals surface area contributed by atoms with Crippen molar-refractivity contribution in [2.45, 2.75) is 0 Å². The van der Waals surface area contributed by atoms with Gasteiger partial charge in [0, 0.05) is 0 Å². The van der Waals surface area contributed by atoms with Crippen LogP contribution in [0.4, 0.5) is 0 Å². The molecule has 0 aromatic carbocycles. The Hall–Kier alpha value is -0.170. The van der Waals surface area contributed by atoms with Crippen molar-refractivity contribution in [1.29, 1.82) is 0 Å². The van der Waals surface area contributed by atoms with E-state index in [-0.39, 0.29) is 13.5 Å². The zero-order valence-electron chi connectivity index (χ0n) is 2.22. The first-order valence-electron chi connectivity index (χ1n) is 0.408. The molecule has 0 aliphatic heterocycles. The van der Waals surface area contributed by atoms with Crippen LogP contribution < -0.4 is 0 Å². The van der Waals surface area contributed by atoms with Gasteiger partial charge in [0.25, 0.3) is 0 Å². The number of hydrogen-bond acceptors (Lipinski definition) is 0. The summed E-state index contributed by atoms with van der Waals surface area (Å²) >= 11 is 0. The summed E-state index contributed by atoms with van der Waals surface area (Å²) in [5.74, 6) is 0. The second-order valence-electron chi connectivity index (χ2n) is 0. The molecule has 2 nitrogen and oxygen atoms in total. The van der Waals surface area contributed by atoms with Gasteiger partial charge in [-0.3, -0.25) is 0 Å². The minimum Gasteiger partial charge on any atom is -2.00 e. The Morgan fingerprint density at radius 1 is 0.800 bits per heavy atom. The molecule has 0 rings (SSSR count). The van der Waals surface area contributed by atoms with Gasteiger partial charge in [-0.25, -0.2) is 0 Å². The summed E-state index contributed by atoms with van der Waals surface area (Å²) < 4.78 is 15.0. The van der Waals surface area contributed by atoms with Crippen LogP contribution in [0.2, 0.25) is 0 Å². The van der Waals surface area contributed by atoms with Gasteiger partial charge < -0.3 is 13.5 Å². The predicted octanol–water partition coefficient (Wildman–Crippen LogP) is -0.0774. The van der Waals surface area contributed by atoms with Crippen LogP contribution in [0.5, 0.6) is 0 Å².